The average Bonchev–Trinajstić information content (AvgIpc) is 3.19. The van der Waals surface area contributed by atoms with E-state index in [0.717, 1.165) is 27.4 Å². The molecule has 0 aliphatic rings. The number of benzene rings is 2. The van der Waals surface area contributed by atoms with Crippen LogP contribution in [0.2, 0.25) is 0 Å². The molecular weight excluding hydrogens is 422 g/mol. The van der Waals surface area contributed by atoms with Crippen molar-refractivity contribution in [1.82, 2.24) is 9.55 Å². The van der Waals surface area contributed by atoms with E-state index in [-0.39, 0.29) is 0 Å². The van der Waals surface area contributed by atoms with Gasteiger partial charge >= 0.3 is 0 Å². The second-order valence-electron chi connectivity index (χ2n) is 6.00. The zero-order chi connectivity index (χ0) is 19.6. The van der Waals surface area contributed by atoms with Gasteiger partial charge in [0.1, 0.15) is 18.2 Å². The molecule has 7 heteroatoms. The van der Waals surface area contributed by atoms with E-state index in [2.05, 4.69) is 42.9 Å². The number of rotatable bonds is 11. The second kappa shape index (κ2) is 10.8. The van der Waals surface area contributed by atoms with Crippen molar-refractivity contribution in [2.45, 2.75) is 6.54 Å². The predicted molar refractivity (Wildman–Crippen MR) is 113 cm³/mol. The number of anilines is 1. The number of para-hydroxylation sites is 1. The molecule has 0 atom stereocenters. The molecule has 0 aliphatic carbocycles. The smallest absolute Gasteiger partial charge is 0.133 e. The number of nitrogens with zero attached hydrogens (tertiary/aromatic N) is 2. The van der Waals surface area contributed by atoms with Crippen LogP contribution in [0.4, 0.5) is 5.69 Å². The van der Waals surface area contributed by atoms with E-state index in [9.17, 15) is 0 Å². The lowest BCUT2D eigenvalue weighted by Gasteiger charge is -2.12. The molecule has 0 spiro atoms. The largest absolute Gasteiger partial charge is 0.490 e. The molecule has 148 valence electrons. The Balaban J connectivity index is 1.52. The quantitative estimate of drug-likeness (QED) is 0.446. The summed E-state index contributed by atoms with van der Waals surface area (Å²) in [5.41, 5.74) is 2.08. The Morgan fingerprint density at radius 2 is 1.86 bits per heavy atom. The molecule has 6 nitrogen and oxygen atoms in total. The molecular formula is C21H24BrN3O3. The summed E-state index contributed by atoms with van der Waals surface area (Å²) in [5.74, 6) is 1.72. The highest BCUT2D eigenvalue weighted by atomic mass is 79.9. The summed E-state index contributed by atoms with van der Waals surface area (Å²) in [6.07, 6.45) is 3.78. The highest BCUT2D eigenvalue weighted by molar-refractivity contribution is 9.10. The fraction of sp³-hybridized carbons (Fsp3) is 0.286. The third-order valence-electron chi connectivity index (χ3n) is 4.05. The van der Waals surface area contributed by atoms with Crippen LogP contribution in [0.1, 0.15) is 5.82 Å². The van der Waals surface area contributed by atoms with Gasteiger partial charge in [-0.2, -0.15) is 0 Å². The van der Waals surface area contributed by atoms with Gasteiger partial charge in [0, 0.05) is 30.9 Å². The van der Waals surface area contributed by atoms with E-state index in [0.29, 0.717) is 33.0 Å². The summed E-state index contributed by atoms with van der Waals surface area (Å²) in [6.45, 7) is 2.79. The Bertz CT molecular complexity index is 855. The lowest BCUT2D eigenvalue weighted by molar-refractivity contribution is 0.0543. The monoisotopic (exact) mass is 445 g/mol. The van der Waals surface area contributed by atoms with Gasteiger partial charge in [-0.3, -0.25) is 0 Å². The lowest BCUT2D eigenvalue weighted by Crippen LogP contribution is -2.10. The first-order chi connectivity index (χ1) is 13.8. The molecule has 1 N–H and O–H groups in total. The summed E-state index contributed by atoms with van der Waals surface area (Å²) < 4.78 is 19.0. The summed E-state index contributed by atoms with van der Waals surface area (Å²) in [5, 5.41) is 3.41. The predicted octanol–water partition coefficient (Wildman–Crippen LogP) is 4.29. The molecule has 3 rings (SSSR count). The minimum atomic E-state index is 0.490. The van der Waals surface area contributed by atoms with Gasteiger partial charge in [-0.05, 0) is 46.3 Å². The number of halogens is 1. The fourth-order valence-electron chi connectivity index (χ4n) is 2.65. The first-order valence-corrected chi connectivity index (χ1v) is 9.88. The molecule has 1 heterocycles. The Hall–Kier alpha value is -2.35. The number of nitrogens with one attached hydrogen (secondary N) is 1. The number of imidazole rings is 1. The van der Waals surface area contributed by atoms with Crippen LogP contribution in [0.5, 0.6) is 5.75 Å². The maximum Gasteiger partial charge on any atom is 0.133 e. The molecule has 0 aliphatic heterocycles. The van der Waals surface area contributed by atoms with Crippen LogP contribution in [-0.4, -0.2) is 43.1 Å². The van der Waals surface area contributed by atoms with Gasteiger partial charge in [0.25, 0.3) is 0 Å². The number of aromatic nitrogens is 2. The second-order valence-corrected chi connectivity index (χ2v) is 6.86. The molecule has 0 radical (unpaired) electrons. The standard InChI is InChI=1S/C21H24BrN3O3/c1-26-11-12-27-13-14-28-20-8-7-17(15-19(20)22)24-16-21-23-9-10-25(21)18-5-3-2-4-6-18/h2-10,15,24H,11-14,16H2,1H3. The third kappa shape index (κ3) is 5.82. The number of hydrogen-bond donors (Lipinski definition) is 1. The normalized spacial score (nSPS) is 10.8. The van der Waals surface area contributed by atoms with E-state index in [4.69, 9.17) is 14.2 Å². The minimum Gasteiger partial charge on any atom is -0.490 e. The van der Waals surface area contributed by atoms with Gasteiger partial charge in [-0.15, -0.1) is 0 Å². The molecule has 0 unspecified atom stereocenters. The van der Waals surface area contributed by atoms with Crippen LogP contribution in [-0.2, 0) is 16.0 Å². The van der Waals surface area contributed by atoms with E-state index in [1.807, 2.05) is 48.8 Å². The maximum atomic E-state index is 5.74. The van der Waals surface area contributed by atoms with Crippen molar-refractivity contribution in [3.05, 3.63) is 71.2 Å². The van der Waals surface area contributed by atoms with Crippen molar-refractivity contribution in [3.63, 3.8) is 0 Å². The first-order valence-electron chi connectivity index (χ1n) is 9.08. The van der Waals surface area contributed by atoms with Gasteiger partial charge in [-0.1, -0.05) is 18.2 Å². The van der Waals surface area contributed by atoms with Gasteiger partial charge in [-0.25, -0.2) is 4.98 Å². The Morgan fingerprint density at radius 1 is 1.04 bits per heavy atom. The summed E-state index contributed by atoms with van der Waals surface area (Å²) >= 11 is 3.56. The van der Waals surface area contributed by atoms with E-state index < -0.39 is 0 Å². The molecule has 0 bridgehead atoms. The summed E-state index contributed by atoms with van der Waals surface area (Å²) in [4.78, 5) is 4.46. The van der Waals surface area contributed by atoms with Crippen LogP contribution in [0.3, 0.4) is 0 Å². The van der Waals surface area contributed by atoms with Crippen molar-refractivity contribution in [2.24, 2.45) is 0 Å². The van der Waals surface area contributed by atoms with Crippen molar-refractivity contribution in [3.8, 4) is 11.4 Å². The van der Waals surface area contributed by atoms with Gasteiger partial charge in [0.15, 0.2) is 0 Å². The Kier molecular flexibility index (Phi) is 7.90. The van der Waals surface area contributed by atoms with Crippen molar-refractivity contribution < 1.29 is 14.2 Å². The van der Waals surface area contributed by atoms with Crippen LogP contribution in [0, 0.1) is 0 Å². The number of methoxy groups -OCH3 is 1. The first kappa shape index (κ1) is 20.4. The summed E-state index contributed by atoms with van der Waals surface area (Å²) in [6, 6.07) is 16.1. The number of ether oxygens (including phenoxy) is 3. The molecule has 0 amide bonds. The maximum absolute atomic E-state index is 5.74. The molecule has 2 aromatic carbocycles. The van der Waals surface area contributed by atoms with Crippen molar-refractivity contribution in [2.75, 3.05) is 38.9 Å². The summed E-state index contributed by atoms with van der Waals surface area (Å²) in [7, 11) is 1.65. The van der Waals surface area contributed by atoms with Crippen LogP contribution < -0.4 is 10.1 Å². The highest BCUT2D eigenvalue weighted by Gasteiger charge is 2.07. The fourth-order valence-corrected chi connectivity index (χ4v) is 3.15. The van der Waals surface area contributed by atoms with Crippen molar-refractivity contribution >= 4 is 21.6 Å². The molecule has 28 heavy (non-hydrogen) atoms. The lowest BCUT2D eigenvalue weighted by atomic mass is 10.3. The molecule has 1 aromatic heterocycles. The average molecular weight is 446 g/mol. The molecule has 0 saturated carbocycles. The molecule has 3 aromatic rings. The van der Waals surface area contributed by atoms with Crippen molar-refractivity contribution in [1.29, 1.82) is 0 Å². The van der Waals surface area contributed by atoms with Crippen LogP contribution in [0.25, 0.3) is 5.69 Å². The Labute approximate surface area is 173 Å². The van der Waals surface area contributed by atoms with Crippen LogP contribution in [0.15, 0.2) is 65.4 Å². The SMILES string of the molecule is COCCOCCOc1ccc(NCc2nccn2-c2ccccc2)cc1Br. The van der Waals surface area contributed by atoms with Gasteiger partial charge < -0.3 is 24.1 Å². The molecule has 0 fully saturated rings. The van der Waals surface area contributed by atoms with E-state index in [1.165, 1.54) is 0 Å². The van der Waals surface area contributed by atoms with Crippen LogP contribution >= 0.6 is 15.9 Å². The highest BCUT2D eigenvalue weighted by Crippen LogP contribution is 2.28. The van der Waals surface area contributed by atoms with E-state index in [1.54, 1.807) is 7.11 Å². The van der Waals surface area contributed by atoms with Gasteiger partial charge in [0.05, 0.1) is 30.8 Å². The van der Waals surface area contributed by atoms with E-state index >= 15 is 0 Å². The number of hydrogen-bond acceptors (Lipinski definition) is 5. The zero-order valence-corrected chi connectivity index (χ0v) is 17.4. The van der Waals surface area contributed by atoms with Gasteiger partial charge in [0.2, 0.25) is 0 Å². The Morgan fingerprint density at radius 3 is 2.64 bits per heavy atom. The topological polar surface area (TPSA) is 57.5 Å². The zero-order valence-electron chi connectivity index (χ0n) is 15.8. The molecule has 0 saturated heterocycles. The minimum absolute atomic E-state index is 0.490. The third-order valence-corrected chi connectivity index (χ3v) is 4.67.